The van der Waals surface area contributed by atoms with Gasteiger partial charge in [0, 0.05) is 63.2 Å². The van der Waals surface area contributed by atoms with E-state index < -0.39 is 17.6 Å². The summed E-state index contributed by atoms with van der Waals surface area (Å²) in [5, 5.41) is 0. The van der Waals surface area contributed by atoms with E-state index in [9.17, 15) is 22.8 Å². The quantitative estimate of drug-likeness (QED) is 0.423. The molecule has 4 fully saturated rings. The number of piperidine rings is 1. The number of likely N-dealkylation sites (tertiary alicyclic amines) is 3. The lowest BCUT2D eigenvalue weighted by molar-refractivity contribution is -0.136. The van der Waals surface area contributed by atoms with Gasteiger partial charge in [-0.2, -0.15) is 0 Å². The Morgan fingerprint density at radius 3 is 2.10 bits per heavy atom. The molecule has 3 saturated heterocycles. The van der Waals surface area contributed by atoms with Crippen molar-refractivity contribution in [1.82, 2.24) is 14.7 Å². The minimum absolute atomic E-state index is 0.00801. The van der Waals surface area contributed by atoms with Crippen LogP contribution in [0, 0.1) is 23.4 Å². The molecule has 1 aliphatic carbocycles. The van der Waals surface area contributed by atoms with E-state index in [4.69, 9.17) is 0 Å². The number of nitrogens with zero attached hydrogens (tertiary/aromatic N) is 3. The fraction of sp³-hybridized carbons (Fsp3) is 0.588. The van der Waals surface area contributed by atoms with E-state index in [-0.39, 0.29) is 46.8 Å². The van der Waals surface area contributed by atoms with Crippen LogP contribution < -0.4 is 0 Å². The Labute approximate surface area is 247 Å². The molecule has 2 aromatic rings. The van der Waals surface area contributed by atoms with Gasteiger partial charge in [-0.05, 0) is 93.7 Å². The molecule has 5 nitrogen and oxygen atoms in total. The van der Waals surface area contributed by atoms with E-state index in [1.54, 1.807) is 0 Å². The van der Waals surface area contributed by atoms with Crippen LogP contribution in [0.15, 0.2) is 36.4 Å². The number of hydrogen-bond donors (Lipinski definition) is 0. The van der Waals surface area contributed by atoms with Gasteiger partial charge in [0.15, 0.2) is 5.78 Å². The number of carbonyl (C=O) groups is 2. The lowest BCUT2D eigenvalue weighted by Crippen LogP contribution is -2.51. The number of halogens is 3. The molecule has 8 heteroatoms. The van der Waals surface area contributed by atoms with Crippen LogP contribution in [0.2, 0.25) is 0 Å². The summed E-state index contributed by atoms with van der Waals surface area (Å²) in [6, 6.07) is 8.49. The third-order valence-corrected chi connectivity index (χ3v) is 10.4. The third kappa shape index (κ3) is 5.52. The van der Waals surface area contributed by atoms with Crippen LogP contribution in [0.4, 0.5) is 13.2 Å². The summed E-state index contributed by atoms with van der Waals surface area (Å²) in [6.45, 7) is 10.4. The van der Waals surface area contributed by atoms with Crippen LogP contribution in [0.3, 0.4) is 0 Å². The Bertz CT molecular complexity index is 1360. The number of Topliss-reactive ketones (excluding diaryl/α,β-unsaturated/α-hetero) is 1. The molecule has 3 heterocycles. The molecule has 2 aromatic carbocycles. The molecule has 0 N–H and O–H groups in total. The molecule has 3 aliphatic heterocycles. The van der Waals surface area contributed by atoms with Crippen LogP contribution in [0.1, 0.15) is 81.4 Å². The van der Waals surface area contributed by atoms with Crippen molar-refractivity contribution < 1.29 is 22.8 Å². The summed E-state index contributed by atoms with van der Waals surface area (Å²) in [4.78, 5) is 33.7. The first-order chi connectivity index (χ1) is 20.0. The summed E-state index contributed by atoms with van der Waals surface area (Å²) in [6.07, 6.45) is 4.62. The van der Waals surface area contributed by atoms with Crippen molar-refractivity contribution in [2.45, 2.75) is 82.2 Å². The van der Waals surface area contributed by atoms with Gasteiger partial charge in [-0.3, -0.25) is 19.4 Å². The van der Waals surface area contributed by atoms with Crippen molar-refractivity contribution >= 4 is 11.7 Å². The fourth-order valence-corrected chi connectivity index (χ4v) is 7.46. The van der Waals surface area contributed by atoms with E-state index in [0.717, 1.165) is 62.4 Å². The van der Waals surface area contributed by atoms with Crippen molar-refractivity contribution in [1.29, 1.82) is 0 Å². The van der Waals surface area contributed by atoms with Crippen molar-refractivity contribution in [3.05, 3.63) is 70.5 Å². The lowest BCUT2D eigenvalue weighted by atomic mass is 9.83. The maximum Gasteiger partial charge on any atom is 0.227 e. The highest BCUT2D eigenvalue weighted by Gasteiger charge is 2.55. The van der Waals surface area contributed by atoms with Gasteiger partial charge in [0.2, 0.25) is 5.91 Å². The molecule has 2 atom stereocenters. The molecule has 0 bridgehead atoms. The molecule has 0 radical (unpaired) electrons. The minimum Gasteiger partial charge on any atom is -0.342 e. The topological polar surface area (TPSA) is 43.9 Å². The average molecular weight is 582 g/mol. The molecule has 0 spiro atoms. The van der Waals surface area contributed by atoms with Gasteiger partial charge in [-0.1, -0.05) is 12.1 Å². The maximum absolute atomic E-state index is 14.9. The summed E-state index contributed by atoms with van der Waals surface area (Å²) in [7, 11) is 0. The largest absolute Gasteiger partial charge is 0.342 e. The lowest BCUT2D eigenvalue weighted by Gasteiger charge is -2.38. The molecule has 6 rings (SSSR count). The summed E-state index contributed by atoms with van der Waals surface area (Å²) >= 11 is 0. The van der Waals surface area contributed by atoms with Gasteiger partial charge in [-0.25, -0.2) is 13.2 Å². The van der Waals surface area contributed by atoms with Crippen LogP contribution in [-0.2, 0) is 16.0 Å². The number of benzene rings is 2. The van der Waals surface area contributed by atoms with E-state index in [0.29, 0.717) is 31.7 Å². The Kier molecular flexibility index (Phi) is 7.75. The van der Waals surface area contributed by atoms with Crippen LogP contribution in [-0.4, -0.2) is 76.7 Å². The van der Waals surface area contributed by atoms with Gasteiger partial charge >= 0.3 is 0 Å². The first-order valence-corrected chi connectivity index (χ1v) is 15.5. The van der Waals surface area contributed by atoms with Crippen molar-refractivity contribution in [3.8, 4) is 0 Å². The van der Waals surface area contributed by atoms with Gasteiger partial charge in [0.25, 0.3) is 0 Å². The Morgan fingerprint density at radius 2 is 1.52 bits per heavy atom. The maximum atomic E-state index is 14.9. The minimum atomic E-state index is -0.624. The van der Waals surface area contributed by atoms with Crippen molar-refractivity contribution in [3.63, 3.8) is 0 Å². The molecule has 1 amide bonds. The first kappa shape index (κ1) is 29.4. The van der Waals surface area contributed by atoms with Gasteiger partial charge in [-0.15, -0.1) is 0 Å². The zero-order chi connectivity index (χ0) is 29.8. The second kappa shape index (κ2) is 11.1. The number of amides is 1. The molecule has 4 aliphatic rings. The van der Waals surface area contributed by atoms with Crippen LogP contribution in [0.25, 0.3) is 0 Å². The number of carbonyl (C=O) groups excluding carboxylic acids is 2. The third-order valence-electron chi connectivity index (χ3n) is 10.4. The van der Waals surface area contributed by atoms with Crippen LogP contribution in [0.5, 0.6) is 0 Å². The zero-order valence-electron chi connectivity index (χ0n) is 25.0. The van der Waals surface area contributed by atoms with Crippen molar-refractivity contribution in [2.24, 2.45) is 5.92 Å². The Morgan fingerprint density at radius 1 is 0.881 bits per heavy atom. The van der Waals surface area contributed by atoms with E-state index in [2.05, 4.69) is 30.6 Å². The average Bonchev–Trinajstić information content (AvgIpc) is 3.56. The standard InChI is InChI=1S/C34H42F3N3O2/c1-33(2,3)40-20-28(27-8-6-25(36)19-30(27)37)29(21-40)32(42)38-15-9-22(10-16-38)26-7-5-24(35)17-23(26)18-31(41)34(11-12-34)39-13-4-14-39/h5-8,17,19,22,28-29H,4,9-16,18,20-21H2,1-3H3/t28-,29+/m0/s1. The normalized spacial score (nSPS) is 25.0. The Hall–Kier alpha value is -2.71. The summed E-state index contributed by atoms with van der Waals surface area (Å²) < 4.78 is 43.0. The van der Waals surface area contributed by atoms with E-state index in [1.807, 2.05) is 11.0 Å². The summed E-state index contributed by atoms with van der Waals surface area (Å²) in [5.74, 6) is -1.99. The van der Waals surface area contributed by atoms with Gasteiger partial charge in [0.1, 0.15) is 17.5 Å². The molecule has 0 aromatic heterocycles. The summed E-state index contributed by atoms with van der Waals surface area (Å²) in [5.41, 5.74) is 1.66. The second-order valence-electron chi connectivity index (χ2n) is 13.9. The molecule has 0 unspecified atom stereocenters. The first-order valence-electron chi connectivity index (χ1n) is 15.5. The van der Waals surface area contributed by atoms with E-state index >= 15 is 0 Å². The highest BCUT2D eigenvalue weighted by molar-refractivity contribution is 5.93. The van der Waals surface area contributed by atoms with Crippen molar-refractivity contribution in [2.75, 3.05) is 39.3 Å². The SMILES string of the molecule is CC(C)(C)N1C[C@@H](C(=O)N2CCC(c3ccc(F)cc3CC(=O)C3(N4CCC4)CC3)CC2)[C@H](c2ccc(F)cc2F)C1. The predicted molar refractivity (Wildman–Crippen MR) is 156 cm³/mol. The number of hydrogen-bond acceptors (Lipinski definition) is 4. The molecule has 1 saturated carbocycles. The monoisotopic (exact) mass is 581 g/mol. The Balaban J connectivity index is 1.16. The smallest absolute Gasteiger partial charge is 0.227 e. The molecule has 42 heavy (non-hydrogen) atoms. The number of ketones is 1. The predicted octanol–water partition coefficient (Wildman–Crippen LogP) is 5.67. The fourth-order valence-electron chi connectivity index (χ4n) is 7.46. The van der Waals surface area contributed by atoms with Crippen LogP contribution >= 0.6 is 0 Å². The highest BCUT2D eigenvalue weighted by atomic mass is 19.1. The molecular formula is C34H42F3N3O2. The van der Waals surface area contributed by atoms with Gasteiger partial charge in [0.05, 0.1) is 11.5 Å². The molecule has 226 valence electrons. The zero-order valence-corrected chi connectivity index (χ0v) is 25.0. The number of rotatable bonds is 7. The van der Waals surface area contributed by atoms with Gasteiger partial charge < -0.3 is 4.90 Å². The van der Waals surface area contributed by atoms with E-state index in [1.165, 1.54) is 24.3 Å². The molecular weight excluding hydrogens is 539 g/mol. The second-order valence-corrected chi connectivity index (χ2v) is 13.9. The highest BCUT2D eigenvalue weighted by Crippen LogP contribution is 2.46.